The predicted molar refractivity (Wildman–Crippen MR) is 112 cm³/mol. The zero-order valence-corrected chi connectivity index (χ0v) is 16.5. The molecule has 0 aliphatic heterocycles. The van der Waals surface area contributed by atoms with Gasteiger partial charge < -0.3 is 5.32 Å². The van der Waals surface area contributed by atoms with Crippen molar-refractivity contribution in [2.75, 3.05) is 5.32 Å². The topological polar surface area (TPSA) is 46.2 Å². The third-order valence-electron chi connectivity index (χ3n) is 5.14. The number of fused-ring (bicyclic) bond motifs is 2. The minimum atomic E-state index is -0.170. The molecule has 3 aromatic carbocycles. The largest absolute Gasteiger partial charge is 0.377 e. The third kappa shape index (κ3) is 3.12. The Kier molecular flexibility index (Phi) is 4.78. The standard InChI is InChI=1S/C24H20ClNO2/c1-14(2)22(15-7-4-3-5-8-15)26-20-10-6-9-18-21(20)24(28)17-12-11-16(25)13-19(17)23(18)27/h3-14,22,26H,1-2H3. The maximum atomic E-state index is 13.2. The molecule has 4 heteroatoms. The van der Waals surface area contributed by atoms with E-state index in [-0.39, 0.29) is 17.6 Å². The minimum absolute atomic E-state index is 0.0159. The van der Waals surface area contributed by atoms with Gasteiger partial charge in [-0.2, -0.15) is 0 Å². The van der Waals surface area contributed by atoms with Gasteiger partial charge in [0.15, 0.2) is 11.6 Å². The lowest BCUT2D eigenvalue weighted by molar-refractivity contribution is 0.0979. The smallest absolute Gasteiger partial charge is 0.196 e. The summed E-state index contributed by atoms with van der Waals surface area (Å²) in [6.07, 6.45) is 0. The number of hydrogen-bond acceptors (Lipinski definition) is 3. The number of rotatable bonds is 4. The van der Waals surface area contributed by atoms with Gasteiger partial charge in [0.25, 0.3) is 0 Å². The number of anilines is 1. The summed E-state index contributed by atoms with van der Waals surface area (Å²) in [6, 6.07) is 20.4. The van der Waals surface area contributed by atoms with Gasteiger partial charge in [-0.15, -0.1) is 0 Å². The lowest BCUT2D eigenvalue weighted by atomic mass is 9.83. The fourth-order valence-corrected chi connectivity index (χ4v) is 3.92. The van der Waals surface area contributed by atoms with Crippen LogP contribution in [0.15, 0.2) is 66.7 Å². The number of ketones is 2. The minimum Gasteiger partial charge on any atom is -0.377 e. The van der Waals surface area contributed by atoms with Crippen LogP contribution in [0, 0.1) is 5.92 Å². The molecule has 0 heterocycles. The van der Waals surface area contributed by atoms with Gasteiger partial charge in [0, 0.05) is 27.4 Å². The Morgan fingerprint density at radius 1 is 0.786 bits per heavy atom. The maximum absolute atomic E-state index is 13.2. The molecule has 1 N–H and O–H groups in total. The van der Waals surface area contributed by atoms with Crippen molar-refractivity contribution in [2.24, 2.45) is 5.92 Å². The average molecular weight is 390 g/mol. The number of nitrogens with one attached hydrogen (secondary N) is 1. The van der Waals surface area contributed by atoms with Crippen molar-refractivity contribution >= 4 is 28.9 Å². The zero-order valence-electron chi connectivity index (χ0n) is 15.7. The Bertz CT molecular complexity index is 1070. The summed E-state index contributed by atoms with van der Waals surface area (Å²) in [6.45, 7) is 4.26. The van der Waals surface area contributed by atoms with Gasteiger partial charge >= 0.3 is 0 Å². The molecule has 0 fully saturated rings. The van der Waals surface area contributed by atoms with E-state index in [1.54, 1.807) is 24.3 Å². The Morgan fingerprint density at radius 3 is 2.25 bits per heavy atom. The van der Waals surface area contributed by atoms with Crippen LogP contribution in [0.25, 0.3) is 0 Å². The van der Waals surface area contributed by atoms with Crippen molar-refractivity contribution < 1.29 is 9.59 Å². The molecule has 1 aliphatic rings. The lowest BCUT2D eigenvalue weighted by Gasteiger charge is -2.27. The highest BCUT2D eigenvalue weighted by molar-refractivity contribution is 6.34. The highest BCUT2D eigenvalue weighted by atomic mass is 35.5. The van der Waals surface area contributed by atoms with E-state index in [0.29, 0.717) is 38.9 Å². The number of hydrogen-bond donors (Lipinski definition) is 1. The molecule has 0 saturated heterocycles. The summed E-state index contributed by atoms with van der Waals surface area (Å²) in [4.78, 5) is 26.2. The van der Waals surface area contributed by atoms with E-state index in [9.17, 15) is 9.59 Å². The quantitative estimate of drug-likeness (QED) is 0.471. The van der Waals surface area contributed by atoms with Gasteiger partial charge in [0.05, 0.1) is 11.6 Å². The third-order valence-corrected chi connectivity index (χ3v) is 5.38. The van der Waals surface area contributed by atoms with E-state index in [0.717, 1.165) is 5.56 Å². The summed E-state index contributed by atoms with van der Waals surface area (Å²) in [5, 5.41) is 3.96. The van der Waals surface area contributed by atoms with E-state index >= 15 is 0 Å². The van der Waals surface area contributed by atoms with Gasteiger partial charge in [0.2, 0.25) is 0 Å². The molecule has 0 bridgehead atoms. The molecule has 1 atom stereocenters. The van der Waals surface area contributed by atoms with Crippen LogP contribution in [0.5, 0.6) is 0 Å². The first-order valence-electron chi connectivity index (χ1n) is 9.31. The van der Waals surface area contributed by atoms with Crippen LogP contribution >= 0.6 is 11.6 Å². The molecule has 1 aliphatic carbocycles. The van der Waals surface area contributed by atoms with E-state index in [1.807, 2.05) is 30.3 Å². The second-order valence-corrected chi connectivity index (χ2v) is 7.79. The van der Waals surface area contributed by atoms with Crippen LogP contribution in [-0.2, 0) is 0 Å². The van der Waals surface area contributed by atoms with E-state index in [2.05, 4.69) is 31.3 Å². The van der Waals surface area contributed by atoms with Crippen molar-refractivity contribution in [3.05, 3.63) is 99.6 Å². The number of halogens is 1. The molecule has 140 valence electrons. The highest BCUT2D eigenvalue weighted by Gasteiger charge is 2.32. The molecule has 0 amide bonds. The number of carbonyl (C=O) groups excluding carboxylic acids is 2. The molecular formula is C24H20ClNO2. The number of carbonyl (C=O) groups is 2. The molecule has 0 spiro atoms. The average Bonchev–Trinajstić information content (AvgIpc) is 2.70. The Labute approximate surface area is 169 Å². The van der Waals surface area contributed by atoms with Gasteiger partial charge in [-0.3, -0.25) is 9.59 Å². The first-order chi connectivity index (χ1) is 13.5. The first kappa shape index (κ1) is 18.5. The summed E-state index contributed by atoms with van der Waals surface area (Å²) in [5.41, 5.74) is 3.43. The van der Waals surface area contributed by atoms with Gasteiger partial charge in [-0.25, -0.2) is 0 Å². The molecule has 3 aromatic rings. The predicted octanol–water partition coefficient (Wildman–Crippen LogP) is 5.92. The summed E-state index contributed by atoms with van der Waals surface area (Å²) in [5.74, 6) is -0.0322. The Hall–Kier alpha value is -2.91. The lowest BCUT2D eigenvalue weighted by Crippen LogP contribution is -2.24. The fourth-order valence-electron chi connectivity index (χ4n) is 3.75. The van der Waals surface area contributed by atoms with Crippen LogP contribution in [-0.4, -0.2) is 11.6 Å². The molecule has 3 nitrogen and oxygen atoms in total. The van der Waals surface area contributed by atoms with Gasteiger partial charge in [-0.05, 0) is 35.7 Å². The van der Waals surface area contributed by atoms with Crippen LogP contribution in [0.4, 0.5) is 5.69 Å². The molecule has 0 aromatic heterocycles. The van der Waals surface area contributed by atoms with Crippen molar-refractivity contribution in [1.29, 1.82) is 0 Å². The van der Waals surface area contributed by atoms with Crippen molar-refractivity contribution in [3.8, 4) is 0 Å². The number of benzene rings is 3. The maximum Gasteiger partial charge on any atom is 0.196 e. The molecule has 1 unspecified atom stereocenters. The molecular weight excluding hydrogens is 370 g/mol. The van der Waals surface area contributed by atoms with Gasteiger partial charge in [0.1, 0.15) is 0 Å². The van der Waals surface area contributed by atoms with Crippen molar-refractivity contribution in [3.63, 3.8) is 0 Å². The molecule has 4 rings (SSSR count). The first-order valence-corrected chi connectivity index (χ1v) is 9.68. The molecule has 0 saturated carbocycles. The van der Waals surface area contributed by atoms with E-state index < -0.39 is 0 Å². The normalized spacial score (nSPS) is 13.9. The Balaban J connectivity index is 1.80. The van der Waals surface area contributed by atoms with Crippen LogP contribution in [0.3, 0.4) is 0 Å². The van der Waals surface area contributed by atoms with Crippen molar-refractivity contribution in [2.45, 2.75) is 19.9 Å². The van der Waals surface area contributed by atoms with Crippen LogP contribution in [0.2, 0.25) is 5.02 Å². The van der Waals surface area contributed by atoms with Crippen molar-refractivity contribution in [1.82, 2.24) is 0 Å². The van der Waals surface area contributed by atoms with E-state index in [1.165, 1.54) is 0 Å². The second kappa shape index (κ2) is 7.25. The van der Waals surface area contributed by atoms with Gasteiger partial charge in [-0.1, -0.05) is 67.9 Å². The van der Waals surface area contributed by atoms with Crippen LogP contribution in [0.1, 0.15) is 57.3 Å². The fraction of sp³-hybridized carbons (Fsp3) is 0.167. The second-order valence-electron chi connectivity index (χ2n) is 7.35. The summed E-state index contributed by atoms with van der Waals surface area (Å²) < 4.78 is 0. The summed E-state index contributed by atoms with van der Waals surface area (Å²) in [7, 11) is 0. The summed E-state index contributed by atoms with van der Waals surface area (Å²) >= 11 is 6.04. The van der Waals surface area contributed by atoms with E-state index in [4.69, 9.17) is 11.6 Å². The molecule has 28 heavy (non-hydrogen) atoms. The highest BCUT2D eigenvalue weighted by Crippen LogP contribution is 2.35. The zero-order chi connectivity index (χ0) is 19.8. The monoisotopic (exact) mass is 389 g/mol. The Morgan fingerprint density at radius 2 is 1.54 bits per heavy atom. The SMILES string of the molecule is CC(C)C(Nc1cccc2c1C(=O)c1ccc(Cl)cc1C2=O)c1ccccc1. The molecule has 0 radical (unpaired) electrons. The van der Waals surface area contributed by atoms with Crippen LogP contribution < -0.4 is 5.32 Å².